The van der Waals surface area contributed by atoms with Gasteiger partial charge in [0.15, 0.2) is 11.5 Å². The maximum atomic E-state index is 12.1. The summed E-state index contributed by atoms with van der Waals surface area (Å²) in [5, 5.41) is 30.1. The number of rotatable bonds is 3. The van der Waals surface area contributed by atoms with Crippen molar-refractivity contribution in [2.24, 2.45) is 0 Å². The fraction of sp³-hybridized carbons (Fsp3) is 0.0667. The van der Waals surface area contributed by atoms with Gasteiger partial charge in [0.25, 0.3) is 5.91 Å². The highest BCUT2D eigenvalue weighted by atomic mass is 16.4. The molecule has 6 heteroatoms. The summed E-state index contributed by atoms with van der Waals surface area (Å²) in [4.78, 5) is 23.0. The Morgan fingerprint density at radius 2 is 1.62 bits per heavy atom. The molecule has 0 unspecified atom stereocenters. The van der Waals surface area contributed by atoms with Crippen molar-refractivity contribution in [1.82, 2.24) is 0 Å². The molecule has 0 atom stereocenters. The van der Waals surface area contributed by atoms with Crippen LogP contribution in [-0.4, -0.2) is 27.2 Å². The van der Waals surface area contributed by atoms with Gasteiger partial charge in [0.05, 0.1) is 5.56 Å². The zero-order chi connectivity index (χ0) is 15.6. The van der Waals surface area contributed by atoms with E-state index in [0.717, 1.165) is 6.07 Å². The maximum Gasteiger partial charge on any atom is 0.335 e. The van der Waals surface area contributed by atoms with Crippen LogP contribution in [0, 0.1) is 6.92 Å². The zero-order valence-corrected chi connectivity index (χ0v) is 11.1. The number of hydrogen-bond acceptors (Lipinski definition) is 4. The van der Waals surface area contributed by atoms with Crippen molar-refractivity contribution in [1.29, 1.82) is 0 Å². The normalized spacial score (nSPS) is 10.1. The second kappa shape index (κ2) is 5.54. The Bertz CT molecular complexity index is 724. The number of carboxylic acids is 1. The average molecular weight is 287 g/mol. The molecule has 1 amide bonds. The van der Waals surface area contributed by atoms with Crippen molar-refractivity contribution in [2.75, 3.05) is 5.32 Å². The molecule has 21 heavy (non-hydrogen) atoms. The molecule has 0 aromatic heterocycles. The van der Waals surface area contributed by atoms with Crippen molar-refractivity contribution in [3.63, 3.8) is 0 Å². The standard InChI is InChI=1S/C15H13NO5/c1-8-2-3-10(15(20)21)6-11(8)16-14(19)9-4-5-12(17)13(18)7-9/h2-7,17-18H,1H3,(H,16,19)(H,20,21). The fourth-order valence-corrected chi connectivity index (χ4v) is 1.75. The van der Waals surface area contributed by atoms with Crippen molar-refractivity contribution in [2.45, 2.75) is 6.92 Å². The molecule has 2 rings (SSSR count). The predicted molar refractivity (Wildman–Crippen MR) is 75.9 cm³/mol. The van der Waals surface area contributed by atoms with E-state index in [0.29, 0.717) is 11.3 Å². The highest BCUT2D eigenvalue weighted by molar-refractivity contribution is 6.05. The summed E-state index contributed by atoms with van der Waals surface area (Å²) in [7, 11) is 0. The van der Waals surface area contributed by atoms with Gasteiger partial charge in [0.1, 0.15) is 0 Å². The minimum atomic E-state index is -1.09. The van der Waals surface area contributed by atoms with Crippen LogP contribution in [0.1, 0.15) is 26.3 Å². The molecule has 0 fully saturated rings. The number of amides is 1. The summed E-state index contributed by atoms with van der Waals surface area (Å²) in [5.74, 6) is -2.34. The first-order valence-corrected chi connectivity index (χ1v) is 6.06. The highest BCUT2D eigenvalue weighted by Crippen LogP contribution is 2.25. The smallest absolute Gasteiger partial charge is 0.335 e. The molecule has 0 saturated heterocycles. The summed E-state index contributed by atoms with van der Waals surface area (Å²) in [5.41, 5.74) is 1.28. The van der Waals surface area contributed by atoms with Gasteiger partial charge in [-0.15, -0.1) is 0 Å². The first-order chi connectivity index (χ1) is 9.88. The Morgan fingerprint density at radius 1 is 0.952 bits per heavy atom. The van der Waals surface area contributed by atoms with Crippen molar-refractivity contribution >= 4 is 17.6 Å². The minimum Gasteiger partial charge on any atom is -0.504 e. The van der Waals surface area contributed by atoms with Crippen molar-refractivity contribution in [3.8, 4) is 11.5 Å². The monoisotopic (exact) mass is 287 g/mol. The van der Waals surface area contributed by atoms with Crippen LogP contribution in [-0.2, 0) is 0 Å². The van der Waals surface area contributed by atoms with Crippen LogP contribution >= 0.6 is 0 Å². The van der Waals surface area contributed by atoms with E-state index in [9.17, 15) is 19.8 Å². The molecule has 0 radical (unpaired) electrons. The molecule has 0 aliphatic carbocycles. The van der Waals surface area contributed by atoms with Gasteiger partial charge >= 0.3 is 5.97 Å². The number of phenolic OH excluding ortho intramolecular Hbond substituents is 2. The van der Waals surface area contributed by atoms with Crippen LogP contribution in [0.25, 0.3) is 0 Å². The van der Waals surface area contributed by atoms with E-state index in [1.54, 1.807) is 13.0 Å². The molecule has 0 heterocycles. The maximum absolute atomic E-state index is 12.1. The van der Waals surface area contributed by atoms with Gasteiger partial charge < -0.3 is 20.6 Å². The lowest BCUT2D eigenvalue weighted by atomic mass is 10.1. The topological polar surface area (TPSA) is 107 Å². The molecule has 2 aromatic rings. The lowest BCUT2D eigenvalue weighted by molar-refractivity contribution is 0.0696. The van der Waals surface area contributed by atoms with Crippen LogP contribution < -0.4 is 5.32 Å². The summed E-state index contributed by atoms with van der Waals surface area (Å²) < 4.78 is 0. The van der Waals surface area contributed by atoms with Gasteiger partial charge in [-0.1, -0.05) is 6.07 Å². The van der Waals surface area contributed by atoms with E-state index >= 15 is 0 Å². The molecule has 0 saturated carbocycles. The van der Waals surface area contributed by atoms with E-state index in [1.165, 1.54) is 24.3 Å². The second-order valence-corrected chi connectivity index (χ2v) is 4.49. The number of nitrogens with one attached hydrogen (secondary N) is 1. The molecular weight excluding hydrogens is 274 g/mol. The van der Waals surface area contributed by atoms with Crippen LogP contribution in [0.15, 0.2) is 36.4 Å². The Balaban J connectivity index is 2.28. The van der Waals surface area contributed by atoms with Gasteiger partial charge in [-0.3, -0.25) is 4.79 Å². The van der Waals surface area contributed by atoms with E-state index in [2.05, 4.69) is 5.32 Å². The molecule has 0 spiro atoms. The molecule has 2 aromatic carbocycles. The Morgan fingerprint density at radius 3 is 2.24 bits per heavy atom. The van der Waals surface area contributed by atoms with Crippen LogP contribution in [0.3, 0.4) is 0 Å². The lowest BCUT2D eigenvalue weighted by Gasteiger charge is -2.10. The van der Waals surface area contributed by atoms with Crippen LogP contribution in [0.2, 0.25) is 0 Å². The van der Waals surface area contributed by atoms with E-state index in [1.807, 2.05) is 0 Å². The first-order valence-electron chi connectivity index (χ1n) is 6.06. The summed E-state index contributed by atoms with van der Waals surface area (Å²) in [6.45, 7) is 1.73. The molecule has 0 bridgehead atoms. The molecule has 108 valence electrons. The van der Waals surface area contributed by atoms with Crippen molar-refractivity contribution in [3.05, 3.63) is 53.1 Å². The van der Waals surface area contributed by atoms with Crippen LogP contribution in [0.4, 0.5) is 5.69 Å². The number of benzene rings is 2. The largest absolute Gasteiger partial charge is 0.504 e. The summed E-state index contributed by atoms with van der Waals surface area (Å²) >= 11 is 0. The highest BCUT2D eigenvalue weighted by Gasteiger charge is 2.12. The average Bonchev–Trinajstić information content (AvgIpc) is 2.43. The lowest BCUT2D eigenvalue weighted by Crippen LogP contribution is -2.13. The third kappa shape index (κ3) is 3.11. The third-order valence-electron chi connectivity index (χ3n) is 2.97. The quantitative estimate of drug-likeness (QED) is 0.648. The minimum absolute atomic E-state index is 0.0597. The Labute approximate surface area is 120 Å². The van der Waals surface area contributed by atoms with Crippen LogP contribution in [0.5, 0.6) is 11.5 Å². The number of carbonyl (C=O) groups excluding carboxylic acids is 1. The zero-order valence-electron chi connectivity index (χ0n) is 11.1. The number of anilines is 1. The van der Waals surface area contributed by atoms with E-state index in [4.69, 9.17) is 5.11 Å². The number of phenols is 2. The summed E-state index contributed by atoms with van der Waals surface area (Å²) in [6, 6.07) is 8.06. The fourth-order valence-electron chi connectivity index (χ4n) is 1.75. The SMILES string of the molecule is Cc1ccc(C(=O)O)cc1NC(=O)c1ccc(O)c(O)c1. The third-order valence-corrected chi connectivity index (χ3v) is 2.97. The molecule has 0 aliphatic heterocycles. The number of aromatic carboxylic acids is 1. The Kier molecular flexibility index (Phi) is 3.80. The Hall–Kier alpha value is -3.02. The van der Waals surface area contributed by atoms with Gasteiger partial charge in [-0.2, -0.15) is 0 Å². The molecule has 0 aliphatic rings. The van der Waals surface area contributed by atoms with Crippen molar-refractivity contribution < 1.29 is 24.9 Å². The van der Waals surface area contributed by atoms with E-state index < -0.39 is 17.6 Å². The molecule has 4 N–H and O–H groups in total. The predicted octanol–water partition coefficient (Wildman–Crippen LogP) is 2.36. The van der Waals surface area contributed by atoms with Gasteiger partial charge in [-0.05, 0) is 42.8 Å². The summed E-state index contributed by atoms with van der Waals surface area (Å²) in [6.07, 6.45) is 0. The number of hydrogen-bond donors (Lipinski definition) is 4. The van der Waals surface area contributed by atoms with Gasteiger partial charge in [0.2, 0.25) is 0 Å². The number of aromatic hydroxyl groups is 2. The number of carboxylic acid groups (broad SMARTS) is 1. The molecular formula is C15H13NO5. The molecule has 6 nitrogen and oxygen atoms in total. The number of carbonyl (C=O) groups is 2. The van der Waals surface area contributed by atoms with E-state index in [-0.39, 0.29) is 16.9 Å². The van der Waals surface area contributed by atoms with Gasteiger partial charge in [-0.25, -0.2) is 4.79 Å². The first kappa shape index (κ1) is 14.4. The van der Waals surface area contributed by atoms with Gasteiger partial charge in [0, 0.05) is 11.3 Å². The second-order valence-electron chi connectivity index (χ2n) is 4.49. The number of aryl methyl sites for hydroxylation is 1.